The highest BCUT2D eigenvalue weighted by molar-refractivity contribution is 7.19. The van der Waals surface area contributed by atoms with Crippen molar-refractivity contribution in [2.24, 2.45) is 0 Å². The van der Waals surface area contributed by atoms with Gasteiger partial charge < -0.3 is 0 Å². The van der Waals surface area contributed by atoms with Gasteiger partial charge in [0.25, 0.3) is 5.82 Å². The lowest BCUT2D eigenvalue weighted by Gasteiger charge is -2.05. The highest BCUT2D eigenvalue weighted by atomic mass is 35.5. The van der Waals surface area contributed by atoms with E-state index in [1.165, 1.54) is 0 Å². The van der Waals surface area contributed by atoms with Crippen molar-refractivity contribution in [1.29, 1.82) is 0 Å². The predicted octanol–water partition coefficient (Wildman–Crippen LogP) is 4.68. The van der Waals surface area contributed by atoms with Gasteiger partial charge in [0.05, 0.1) is 0 Å². The van der Waals surface area contributed by atoms with Gasteiger partial charge in [-0.2, -0.15) is 22.8 Å². The summed E-state index contributed by atoms with van der Waals surface area (Å²) in [5.41, 5.74) is 0.702. The summed E-state index contributed by atoms with van der Waals surface area (Å²) in [6.45, 7) is 0. The standard InChI is InChI=1S/C14H6ClF3N4S/c15-10-6-2-3-7-8(10)4-1-5-9(7)11-21-22-12(14(16,17)18)19-20-13(22)23-11/h1-6H. The largest absolute Gasteiger partial charge is 0.453 e. The first-order chi connectivity index (χ1) is 10.9. The predicted molar refractivity (Wildman–Crippen MR) is 81.6 cm³/mol. The topological polar surface area (TPSA) is 43.1 Å². The molecule has 23 heavy (non-hydrogen) atoms. The molecule has 4 rings (SSSR count). The lowest BCUT2D eigenvalue weighted by atomic mass is 10.1. The van der Waals surface area contributed by atoms with E-state index in [-0.39, 0.29) is 4.96 Å². The maximum atomic E-state index is 12.9. The van der Waals surface area contributed by atoms with Crippen LogP contribution in [-0.2, 0) is 6.18 Å². The second-order valence-corrected chi connectivity index (χ2v) is 6.13. The third kappa shape index (κ3) is 2.25. The number of hydrogen-bond acceptors (Lipinski definition) is 4. The van der Waals surface area contributed by atoms with Crippen LogP contribution in [0.25, 0.3) is 26.3 Å². The van der Waals surface area contributed by atoms with Crippen molar-refractivity contribution in [3.63, 3.8) is 0 Å². The van der Waals surface area contributed by atoms with Crippen molar-refractivity contribution in [3.8, 4) is 10.6 Å². The molecule has 9 heteroatoms. The van der Waals surface area contributed by atoms with E-state index < -0.39 is 12.0 Å². The Morgan fingerprint density at radius 3 is 2.52 bits per heavy atom. The van der Waals surface area contributed by atoms with Gasteiger partial charge >= 0.3 is 6.18 Å². The molecule has 0 unspecified atom stereocenters. The molecule has 0 N–H and O–H groups in total. The van der Waals surface area contributed by atoms with Crippen molar-refractivity contribution in [2.75, 3.05) is 0 Å². The van der Waals surface area contributed by atoms with Gasteiger partial charge in [0.1, 0.15) is 5.01 Å². The number of alkyl halides is 3. The second-order valence-electron chi connectivity index (χ2n) is 4.76. The van der Waals surface area contributed by atoms with Gasteiger partial charge in [-0.05, 0) is 11.5 Å². The van der Waals surface area contributed by atoms with E-state index in [1.54, 1.807) is 24.3 Å². The second kappa shape index (κ2) is 4.90. The van der Waals surface area contributed by atoms with E-state index in [1.807, 2.05) is 12.1 Å². The van der Waals surface area contributed by atoms with Crippen LogP contribution in [0.4, 0.5) is 13.2 Å². The third-order valence-corrected chi connectivity index (χ3v) is 4.61. The van der Waals surface area contributed by atoms with Crippen LogP contribution in [-0.4, -0.2) is 19.8 Å². The van der Waals surface area contributed by atoms with Crippen molar-refractivity contribution < 1.29 is 13.2 Å². The summed E-state index contributed by atoms with van der Waals surface area (Å²) >= 11 is 7.21. The number of nitrogens with zero attached hydrogens (tertiary/aromatic N) is 4. The Morgan fingerprint density at radius 2 is 1.74 bits per heavy atom. The molecule has 2 aromatic heterocycles. The molecule has 0 amide bonds. The Kier molecular flexibility index (Phi) is 3.07. The molecule has 2 heterocycles. The number of rotatable bonds is 1. The molecule has 0 aliphatic rings. The molecule has 0 fully saturated rings. The summed E-state index contributed by atoms with van der Waals surface area (Å²) in [6.07, 6.45) is -4.60. The summed E-state index contributed by atoms with van der Waals surface area (Å²) in [5, 5.41) is 13.4. The molecule has 0 spiro atoms. The highest BCUT2D eigenvalue weighted by Crippen LogP contribution is 2.36. The SMILES string of the molecule is FC(F)(F)c1nnc2sc(-c3cccc4c(Cl)cccc34)nn12. The zero-order chi connectivity index (χ0) is 16.2. The molecule has 0 aliphatic heterocycles. The third-order valence-electron chi connectivity index (χ3n) is 3.34. The quantitative estimate of drug-likeness (QED) is 0.498. The summed E-state index contributed by atoms with van der Waals surface area (Å²) in [7, 11) is 0. The molecule has 0 atom stereocenters. The average molecular weight is 355 g/mol. The van der Waals surface area contributed by atoms with Crippen molar-refractivity contribution in [1.82, 2.24) is 19.8 Å². The monoisotopic (exact) mass is 354 g/mol. The number of halogens is 4. The number of fused-ring (bicyclic) bond motifs is 2. The number of hydrogen-bond donors (Lipinski definition) is 0. The molecule has 0 saturated carbocycles. The van der Waals surface area contributed by atoms with Gasteiger partial charge in [0.15, 0.2) is 0 Å². The fraction of sp³-hybridized carbons (Fsp3) is 0.0714. The zero-order valence-corrected chi connectivity index (χ0v) is 12.7. The molecular formula is C14H6ClF3N4S. The maximum Gasteiger partial charge on any atom is 0.453 e. The normalized spacial score (nSPS) is 12.3. The molecule has 0 aliphatic carbocycles. The molecule has 0 bridgehead atoms. The fourth-order valence-corrected chi connectivity index (χ4v) is 3.48. The van der Waals surface area contributed by atoms with Crippen LogP contribution < -0.4 is 0 Å². The maximum absolute atomic E-state index is 12.9. The van der Waals surface area contributed by atoms with Crippen LogP contribution in [0, 0.1) is 0 Å². The fourth-order valence-electron chi connectivity index (χ4n) is 2.36. The lowest BCUT2D eigenvalue weighted by molar-refractivity contribution is -0.146. The smallest absolute Gasteiger partial charge is 0.178 e. The summed E-state index contributed by atoms with van der Waals surface area (Å²) in [5.74, 6) is -1.13. The Bertz CT molecular complexity index is 1040. The van der Waals surface area contributed by atoms with Gasteiger partial charge in [-0.15, -0.1) is 10.2 Å². The first-order valence-electron chi connectivity index (χ1n) is 6.42. The molecule has 0 saturated heterocycles. The Labute approximate surface area is 136 Å². The Balaban J connectivity index is 1.97. The molecule has 4 aromatic rings. The number of benzene rings is 2. The van der Waals surface area contributed by atoms with E-state index in [0.717, 1.165) is 26.6 Å². The minimum atomic E-state index is -4.60. The minimum absolute atomic E-state index is 0.0892. The van der Waals surface area contributed by atoms with E-state index in [2.05, 4.69) is 15.3 Å². The average Bonchev–Trinajstić information content (AvgIpc) is 3.06. The van der Waals surface area contributed by atoms with E-state index in [0.29, 0.717) is 15.6 Å². The first kappa shape index (κ1) is 14.4. The van der Waals surface area contributed by atoms with E-state index in [9.17, 15) is 13.2 Å². The van der Waals surface area contributed by atoms with Gasteiger partial charge in [0, 0.05) is 16.0 Å². The molecule has 116 valence electrons. The molecule has 2 aromatic carbocycles. The van der Waals surface area contributed by atoms with E-state index >= 15 is 0 Å². The Hall–Kier alpha value is -2.19. The Morgan fingerprint density at radius 1 is 1.00 bits per heavy atom. The van der Waals surface area contributed by atoms with Crippen molar-refractivity contribution in [3.05, 3.63) is 47.2 Å². The van der Waals surface area contributed by atoms with Gasteiger partial charge in [-0.25, -0.2) is 0 Å². The summed E-state index contributed by atoms with van der Waals surface area (Å²) in [4.78, 5) is 0.0892. The molecule has 4 nitrogen and oxygen atoms in total. The van der Waals surface area contributed by atoms with Crippen molar-refractivity contribution >= 4 is 38.7 Å². The minimum Gasteiger partial charge on any atom is -0.178 e. The van der Waals surface area contributed by atoms with Crippen LogP contribution in [0.15, 0.2) is 36.4 Å². The van der Waals surface area contributed by atoms with Crippen molar-refractivity contribution in [2.45, 2.75) is 6.18 Å². The molecule has 0 radical (unpaired) electrons. The van der Waals surface area contributed by atoms with Crippen LogP contribution >= 0.6 is 22.9 Å². The van der Waals surface area contributed by atoms with Gasteiger partial charge in [-0.3, -0.25) is 0 Å². The first-order valence-corrected chi connectivity index (χ1v) is 7.61. The van der Waals surface area contributed by atoms with Crippen LogP contribution in [0.2, 0.25) is 5.02 Å². The van der Waals surface area contributed by atoms with E-state index in [4.69, 9.17) is 11.6 Å². The van der Waals surface area contributed by atoms with Crippen LogP contribution in [0.3, 0.4) is 0 Å². The van der Waals surface area contributed by atoms with Gasteiger partial charge in [-0.1, -0.05) is 53.3 Å². The van der Waals surface area contributed by atoms with Crippen LogP contribution in [0.1, 0.15) is 5.82 Å². The highest BCUT2D eigenvalue weighted by Gasteiger charge is 2.38. The summed E-state index contributed by atoms with van der Waals surface area (Å²) in [6, 6.07) is 10.8. The van der Waals surface area contributed by atoms with Crippen LogP contribution in [0.5, 0.6) is 0 Å². The summed E-state index contributed by atoms with van der Waals surface area (Å²) < 4.78 is 39.4. The zero-order valence-electron chi connectivity index (χ0n) is 11.2. The lowest BCUT2D eigenvalue weighted by Crippen LogP contribution is -2.11. The number of aromatic nitrogens is 4. The van der Waals surface area contributed by atoms with Gasteiger partial charge in [0.2, 0.25) is 4.96 Å². The molecular weight excluding hydrogens is 349 g/mol.